The lowest BCUT2D eigenvalue weighted by atomic mass is 9.98. The molecule has 0 bridgehead atoms. The summed E-state index contributed by atoms with van der Waals surface area (Å²) in [6.45, 7) is 0. The summed E-state index contributed by atoms with van der Waals surface area (Å²) in [6, 6.07) is 9.64. The maximum Gasteiger partial charge on any atom is 0.111 e. The molecule has 0 aliphatic heterocycles. The second-order valence-electron chi connectivity index (χ2n) is 4.18. The van der Waals surface area contributed by atoms with Crippen molar-refractivity contribution in [3.63, 3.8) is 0 Å². The third-order valence-electron chi connectivity index (χ3n) is 2.90. The molecule has 0 aliphatic carbocycles. The van der Waals surface area contributed by atoms with Crippen LogP contribution in [0.1, 0.15) is 23.3 Å². The van der Waals surface area contributed by atoms with Gasteiger partial charge in [0.15, 0.2) is 0 Å². The molecule has 0 amide bonds. The lowest BCUT2D eigenvalue weighted by molar-refractivity contribution is 0.0174. The lowest BCUT2D eigenvalue weighted by Gasteiger charge is -2.21. The average molecular weight is 352 g/mol. The number of aliphatic hydroxyl groups is 2. The monoisotopic (exact) mass is 350 g/mol. The van der Waals surface area contributed by atoms with Gasteiger partial charge in [-0.15, -0.1) is 0 Å². The molecule has 2 aromatic rings. The van der Waals surface area contributed by atoms with Crippen molar-refractivity contribution in [2.75, 3.05) is 0 Å². The Bertz CT molecular complexity index is 575. The smallest absolute Gasteiger partial charge is 0.111 e. The molecule has 2 nitrogen and oxygen atoms in total. The van der Waals surface area contributed by atoms with Gasteiger partial charge in [-0.25, -0.2) is 0 Å². The predicted octanol–water partition coefficient (Wildman–Crippen LogP) is 5.07. The van der Waals surface area contributed by atoms with Crippen molar-refractivity contribution >= 4 is 46.4 Å². The van der Waals surface area contributed by atoms with Gasteiger partial charge in [0, 0.05) is 11.1 Å². The highest BCUT2D eigenvalue weighted by Gasteiger charge is 2.25. The molecule has 0 fully saturated rings. The summed E-state index contributed by atoms with van der Waals surface area (Å²) < 4.78 is 0. The number of benzene rings is 2. The van der Waals surface area contributed by atoms with Crippen LogP contribution >= 0.6 is 46.4 Å². The number of hydrogen-bond donors (Lipinski definition) is 2. The van der Waals surface area contributed by atoms with Crippen LogP contribution in [0.4, 0.5) is 0 Å². The van der Waals surface area contributed by atoms with Gasteiger partial charge in [0.2, 0.25) is 0 Å². The van der Waals surface area contributed by atoms with E-state index in [2.05, 4.69) is 0 Å². The molecule has 0 unspecified atom stereocenters. The minimum atomic E-state index is -1.27. The molecule has 0 radical (unpaired) electrons. The number of halogens is 4. The zero-order chi connectivity index (χ0) is 14.9. The van der Waals surface area contributed by atoms with Gasteiger partial charge in [-0.1, -0.05) is 70.7 Å². The first-order valence-corrected chi connectivity index (χ1v) is 7.18. The molecule has 2 N–H and O–H groups in total. The number of rotatable bonds is 3. The molecule has 0 saturated carbocycles. The van der Waals surface area contributed by atoms with Gasteiger partial charge in [-0.2, -0.15) is 0 Å². The molecular formula is C14H10Cl4O2. The Balaban J connectivity index is 2.40. The van der Waals surface area contributed by atoms with Crippen LogP contribution in [-0.4, -0.2) is 10.2 Å². The van der Waals surface area contributed by atoms with E-state index in [4.69, 9.17) is 46.4 Å². The van der Waals surface area contributed by atoms with Crippen LogP contribution in [0.5, 0.6) is 0 Å². The molecule has 20 heavy (non-hydrogen) atoms. The molecule has 0 spiro atoms. The largest absolute Gasteiger partial charge is 0.385 e. The minimum Gasteiger partial charge on any atom is -0.385 e. The van der Waals surface area contributed by atoms with Crippen molar-refractivity contribution in [3.05, 3.63) is 67.6 Å². The summed E-state index contributed by atoms with van der Waals surface area (Å²) in [5.74, 6) is 0. The lowest BCUT2D eigenvalue weighted by Crippen LogP contribution is -2.11. The Morgan fingerprint density at radius 3 is 1.35 bits per heavy atom. The fourth-order valence-corrected chi connectivity index (χ4v) is 2.68. The SMILES string of the molecule is O[C@H](c1cccc(Cl)c1Cl)[C@@H](O)c1cccc(Cl)c1Cl. The Hall–Kier alpha value is -0.480. The molecular weight excluding hydrogens is 342 g/mol. The zero-order valence-corrected chi connectivity index (χ0v) is 13.0. The van der Waals surface area contributed by atoms with E-state index in [1.165, 1.54) is 0 Å². The average Bonchev–Trinajstić information content (AvgIpc) is 2.43. The molecule has 2 atom stereocenters. The van der Waals surface area contributed by atoms with Crippen LogP contribution < -0.4 is 0 Å². The van der Waals surface area contributed by atoms with Crippen molar-refractivity contribution in [3.8, 4) is 0 Å². The standard InChI is InChI=1S/C14H10Cl4O2/c15-9-5-1-3-7(11(9)17)13(19)14(20)8-4-2-6-10(16)12(8)18/h1-6,13-14,19-20H/t13-,14+. The number of hydrogen-bond acceptors (Lipinski definition) is 2. The Labute approximate surface area is 136 Å². The summed E-state index contributed by atoms with van der Waals surface area (Å²) in [4.78, 5) is 0. The highest BCUT2D eigenvalue weighted by molar-refractivity contribution is 6.43. The summed E-state index contributed by atoms with van der Waals surface area (Å²) in [5.41, 5.74) is 0.644. The van der Waals surface area contributed by atoms with Crippen molar-refractivity contribution in [2.45, 2.75) is 12.2 Å². The normalized spacial score (nSPS) is 14.1. The fraction of sp³-hybridized carbons (Fsp3) is 0.143. The van der Waals surface area contributed by atoms with Gasteiger partial charge in [-0.3, -0.25) is 0 Å². The zero-order valence-electron chi connectivity index (χ0n) is 10.0. The summed E-state index contributed by atoms with van der Waals surface area (Å²) in [7, 11) is 0. The summed E-state index contributed by atoms with van der Waals surface area (Å²) in [5, 5.41) is 21.5. The van der Waals surface area contributed by atoms with E-state index in [1.807, 2.05) is 0 Å². The van der Waals surface area contributed by atoms with Gasteiger partial charge < -0.3 is 10.2 Å². The first-order chi connectivity index (χ1) is 9.43. The first-order valence-electron chi connectivity index (χ1n) is 5.67. The predicted molar refractivity (Wildman–Crippen MR) is 82.8 cm³/mol. The van der Waals surface area contributed by atoms with Gasteiger partial charge in [-0.05, 0) is 12.1 Å². The first kappa shape index (κ1) is 15.9. The maximum atomic E-state index is 10.3. The van der Waals surface area contributed by atoms with E-state index in [-0.39, 0.29) is 10.0 Å². The van der Waals surface area contributed by atoms with Crippen LogP contribution in [-0.2, 0) is 0 Å². The highest BCUT2D eigenvalue weighted by atomic mass is 35.5. The van der Waals surface area contributed by atoms with E-state index in [0.717, 1.165) is 0 Å². The van der Waals surface area contributed by atoms with Crippen LogP contribution in [0.15, 0.2) is 36.4 Å². The Morgan fingerprint density at radius 1 is 0.650 bits per heavy atom. The second kappa shape index (κ2) is 6.52. The van der Waals surface area contributed by atoms with Crippen molar-refractivity contribution in [2.24, 2.45) is 0 Å². The summed E-state index contributed by atoms with van der Waals surface area (Å²) >= 11 is 23.8. The molecule has 2 aromatic carbocycles. The van der Waals surface area contributed by atoms with Crippen LogP contribution in [0, 0.1) is 0 Å². The molecule has 6 heteroatoms. The van der Waals surface area contributed by atoms with E-state index in [1.54, 1.807) is 36.4 Å². The molecule has 106 valence electrons. The van der Waals surface area contributed by atoms with Gasteiger partial charge in [0.1, 0.15) is 12.2 Å². The molecule has 0 aliphatic rings. The topological polar surface area (TPSA) is 40.5 Å². The molecule has 0 saturated heterocycles. The van der Waals surface area contributed by atoms with Crippen LogP contribution in [0.25, 0.3) is 0 Å². The third-order valence-corrected chi connectivity index (χ3v) is 4.57. The third kappa shape index (κ3) is 3.06. The molecule has 2 rings (SSSR count). The summed E-state index contributed by atoms with van der Waals surface area (Å²) in [6.07, 6.45) is -2.53. The highest BCUT2D eigenvalue weighted by Crippen LogP contribution is 2.39. The van der Waals surface area contributed by atoms with Gasteiger partial charge in [0.25, 0.3) is 0 Å². The van der Waals surface area contributed by atoms with Crippen LogP contribution in [0.2, 0.25) is 20.1 Å². The van der Waals surface area contributed by atoms with Crippen LogP contribution in [0.3, 0.4) is 0 Å². The van der Waals surface area contributed by atoms with E-state index in [0.29, 0.717) is 21.2 Å². The fourth-order valence-electron chi connectivity index (χ4n) is 1.84. The van der Waals surface area contributed by atoms with Crippen molar-refractivity contribution in [1.82, 2.24) is 0 Å². The van der Waals surface area contributed by atoms with E-state index < -0.39 is 12.2 Å². The van der Waals surface area contributed by atoms with Crippen molar-refractivity contribution in [1.29, 1.82) is 0 Å². The van der Waals surface area contributed by atoms with Gasteiger partial charge in [0.05, 0.1) is 20.1 Å². The Kier molecular flexibility index (Phi) is 5.19. The quantitative estimate of drug-likeness (QED) is 0.810. The second-order valence-corrected chi connectivity index (χ2v) is 5.75. The number of aliphatic hydroxyl groups excluding tert-OH is 2. The molecule has 0 heterocycles. The minimum absolute atomic E-state index is 0.193. The maximum absolute atomic E-state index is 10.3. The Morgan fingerprint density at radius 2 is 1.00 bits per heavy atom. The molecule has 0 aromatic heterocycles. The van der Waals surface area contributed by atoms with Gasteiger partial charge >= 0.3 is 0 Å². The van der Waals surface area contributed by atoms with E-state index in [9.17, 15) is 10.2 Å². The van der Waals surface area contributed by atoms with E-state index >= 15 is 0 Å². The van der Waals surface area contributed by atoms with Crippen molar-refractivity contribution < 1.29 is 10.2 Å².